The summed E-state index contributed by atoms with van der Waals surface area (Å²) in [6.07, 6.45) is 3.00. The Morgan fingerprint density at radius 3 is 2.82 bits per heavy atom. The molecule has 2 rings (SSSR count). The normalized spacial score (nSPS) is 12.6. The van der Waals surface area contributed by atoms with Crippen LogP contribution >= 0.6 is 11.8 Å². The molecule has 0 aliphatic carbocycles. The molecule has 17 heavy (non-hydrogen) atoms. The molecule has 0 aliphatic heterocycles. The van der Waals surface area contributed by atoms with Gasteiger partial charge in [0.05, 0.1) is 6.20 Å². The molecule has 1 aromatic heterocycles. The van der Waals surface area contributed by atoms with E-state index >= 15 is 0 Å². The summed E-state index contributed by atoms with van der Waals surface area (Å²) in [4.78, 5) is 3.92. The molecule has 0 bridgehead atoms. The number of hydrogen-bond donors (Lipinski definition) is 1. The molecule has 3 nitrogen and oxygen atoms in total. The molecule has 0 fully saturated rings. The van der Waals surface area contributed by atoms with Gasteiger partial charge in [-0.25, -0.2) is 13.8 Å². The molecule has 1 aromatic carbocycles. The number of nitrogens with two attached hydrogens (primary N) is 1. The van der Waals surface area contributed by atoms with Crippen LogP contribution in [0.15, 0.2) is 40.3 Å². The lowest BCUT2D eigenvalue weighted by molar-refractivity contribution is 0.453. The number of nitrogens with zero attached hydrogens (tertiary/aromatic N) is 1. The SMILES string of the molecule is NC(CSc1ncco1)c1ccc(F)c(F)c1. The van der Waals surface area contributed by atoms with Gasteiger partial charge < -0.3 is 10.2 Å². The summed E-state index contributed by atoms with van der Waals surface area (Å²) >= 11 is 1.32. The van der Waals surface area contributed by atoms with Gasteiger partial charge in [0.15, 0.2) is 11.6 Å². The third-order valence-corrected chi connectivity index (χ3v) is 3.14. The Bertz CT molecular complexity index is 490. The second kappa shape index (κ2) is 5.29. The third-order valence-electron chi connectivity index (χ3n) is 2.17. The topological polar surface area (TPSA) is 52.0 Å². The first-order chi connectivity index (χ1) is 8.16. The van der Waals surface area contributed by atoms with E-state index in [1.54, 1.807) is 0 Å². The van der Waals surface area contributed by atoms with Crippen LogP contribution in [0.3, 0.4) is 0 Å². The zero-order valence-corrected chi connectivity index (χ0v) is 9.58. The quantitative estimate of drug-likeness (QED) is 0.854. The lowest BCUT2D eigenvalue weighted by Crippen LogP contribution is -2.13. The summed E-state index contributed by atoms with van der Waals surface area (Å²) in [5.74, 6) is -1.29. The van der Waals surface area contributed by atoms with Crippen molar-refractivity contribution in [3.05, 3.63) is 47.9 Å². The van der Waals surface area contributed by atoms with E-state index in [4.69, 9.17) is 10.2 Å². The fourth-order valence-electron chi connectivity index (χ4n) is 1.28. The van der Waals surface area contributed by atoms with Crippen LogP contribution in [0.5, 0.6) is 0 Å². The van der Waals surface area contributed by atoms with E-state index in [-0.39, 0.29) is 0 Å². The van der Waals surface area contributed by atoms with Crippen LogP contribution < -0.4 is 5.73 Å². The maximum atomic E-state index is 13.0. The van der Waals surface area contributed by atoms with Crippen LogP contribution in [0.4, 0.5) is 8.78 Å². The molecule has 2 aromatic rings. The highest BCUT2D eigenvalue weighted by Crippen LogP contribution is 2.22. The van der Waals surface area contributed by atoms with Gasteiger partial charge in [0.1, 0.15) is 6.26 Å². The van der Waals surface area contributed by atoms with E-state index in [1.165, 1.54) is 30.3 Å². The minimum absolute atomic E-state index is 0.401. The van der Waals surface area contributed by atoms with Crippen LogP contribution in [0, 0.1) is 11.6 Å². The van der Waals surface area contributed by atoms with Crippen LogP contribution in [-0.4, -0.2) is 10.7 Å². The fraction of sp³-hybridized carbons (Fsp3) is 0.182. The lowest BCUT2D eigenvalue weighted by Gasteiger charge is -2.10. The number of hydrogen-bond acceptors (Lipinski definition) is 4. The molecule has 0 saturated carbocycles. The largest absolute Gasteiger partial charge is 0.440 e. The van der Waals surface area contributed by atoms with Gasteiger partial charge in [-0.3, -0.25) is 0 Å². The van der Waals surface area contributed by atoms with Gasteiger partial charge >= 0.3 is 0 Å². The molecule has 0 radical (unpaired) electrons. The van der Waals surface area contributed by atoms with Gasteiger partial charge in [0.25, 0.3) is 5.22 Å². The molecule has 0 saturated heterocycles. The maximum Gasteiger partial charge on any atom is 0.255 e. The molecular formula is C11H10F2N2OS. The van der Waals surface area contributed by atoms with E-state index in [1.807, 2.05) is 0 Å². The number of halogens is 2. The summed E-state index contributed by atoms with van der Waals surface area (Å²) in [6, 6.07) is 3.25. The third kappa shape index (κ3) is 3.04. The number of thioether (sulfide) groups is 1. The standard InChI is InChI=1S/C11H10F2N2OS/c12-8-2-1-7(5-9(8)13)10(14)6-17-11-15-3-4-16-11/h1-5,10H,6,14H2. The molecule has 0 spiro atoms. The van der Waals surface area contributed by atoms with E-state index in [0.717, 1.165) is 12.1 Å². The number of aromatic nitrogens is 1. The Hall–Kier alpha value is -1.40. The summed E-state index contributed by atoms with van der Waals surface area (Å²) < 4.78 is 30.7. The van der Waals surface area contributed by atoms with Crippen molar-refractivity contribution in [3.8, 4) is 0 Å². The summed E-state index contributed by atoms with van der Waals surface area (Å²) in [6.45, 7) is 0. The van der Waals surface area contributed by atoms with E-state index < -0.39 is 17.7 Å². The maximum absolute atomic E-state index is 13.0. The van der Waals surface area contributed by atoms with Crippen molar-refractivity contribution in [2.75, 3.05) is 5.75 Å². The Kier molecular flexibility index (Phi) is 3.75. The lowest BCUT2D eigenvalue weighted by atomic mass is 10.1. The summed E-state index contributed by atoms with van der Waals surface area (Å²) in [5, 5.41) is 0.503. The molecule has 90 valence electrons. The zero-order valence-electron chi connectivity index (χ0n) is 8.77. The molecule has 1 unspecified atom stereocenters. The highest BCUT2D eigenvalue weighted by molar-refractivity contribution is 7.99. The van der Waals surface area contributed by atoms with Crippen LogP contribution in [0.25, 0.3) is 0 Å². The number of oxazole rings is 1. The van der Waals surface area contributed by atoms with E-state index in [0.29, 0.717) is 16.5 Å². The second-order valence-corrected chi connectivity index (χ2v) is 4.36. The van der Waals surface area contributed by atoms with Gasteiger partial charge in [0.2, 0.25) is 0 Å². The molecule has 2 N–H and O–H groups in total. The Balaban J connectivity index is 1.99. The monoisotopic (exact) mass is 256 g/mol. The molecule has 6 heteroatoms. The van der Waals surface area contributed by atoms with Gasteiger partial charge in [-0.05, 0) is 17.7 Å². The highest BCUT2D eigenvalue weighted by Gasteiger charge is 2.11. The average Bonchev–Trinajstić information content (AvgIpc) is 2.82. The van der Waals surface area contributed by atoms with E-state index in [2.05, 4.69) is 4.98 Å². The first kappa shape index (κ1) is 12.1. The zero-order chi connectivity index (χ0) is 12.3. The fourth-order valence-corrected chi connectivity index (χ4v) is 2.06. The van der Waals surface area contributed by atoms with Crippen molar-refractivity contribution in [2.24, 2.45) is 5.73 Å². The predicted octanol–water partition coefficient (Wildman–Crippen LogP) is 2.74. The first-order valence-electron chi connectivity index (χ1n) is 4.89. The van der Waals surface area contributed by atoms with Crippen LogP contribution in [-0.2, 0) is 0 Å². The molecular weight excluding hydrogens is 246 g/mol. The van der Waals surface area contributed by atoms with Crippen molar-refractivity contribution in [1.82, 2.24) is 4.98 Å². The minimum atomic E-state index is -0.890. The van der Waals surface area contributed by atoms with Crippen LogP contribution in [0.1, 0.15) is 11.6 Å². The van der Waals surface area contributed by atoms with Gasteiger partial charge in [-0.15, -0.1) is 0 Å². The second-order valence-electron chi connectivity index (χ2n) is 3.39. The molecule has 1 atom stereocenters. The van der Waals surface area contributed by atoms with Crippen molar-refractivity contribution in [2.45, 2.75) is 11.3 Å². The number of benzene rings is 1. The van der Waals surface area contributed by atoms with Crippen LogP contribution in [0.2, 0.25) is 0 Å². The molecule has 0 amide bonds. The highest BCUT2D eigenvalue weighted by atomic mass is 32.2. The van der Waals surface area contributed by atoms with Gasteiger partial charge in [-0.1, -0.05) is 17.8 Å². The Morgan fingerprint density at radius 2 is 2.18 bits per heavy atom. The predicted molar refractivity (Wildman–Crippen MR) is 60.5 cm³/mol. The first-order valence-corrected chi connectivity index (χ1v) is 5.88. The van der Waals surface area contributed by atoms with E-state index in [9.17, 15) is 8.78 Å². The summed E-state index contributed by atoms with van der Waals surface area (Å²) in [5.41, 5.74) is 6.40. The summed E-state index contributed by atoms with van der Waals surface area (Å²) in [7, 11) is 0. The van der Waals surface area contributed by atoms with Gasteiger partial charge in [-0.2, -0.15) is 0 Å². The van der Waals surface area contributed by atoms with Crippen molar-refractivity contribution < 1.29 is 13.2 Å². The Labute approximate surface area is 101 Å². The van der Waals surface area contributed by atoms with Crippen molar-refractivity contribution in [1.29, 1.82) is 0 Å². The van der Waals surface area contributed by atoms with Gasteiger partial charge in [0, 0.05) is 11.8 Å². The van der Waals surface area contributed by atoms with Crippen molar-refractivity contribution >= 4 is 11.8 Å². The number of rotatable bonds is 4. The smallest absolute Gasteiger partial charge is 0.255 e. The average molecular weight is 256 g/mol. The minimum Gasteiger partial charge on any atom is -0.440 e. The van der Waals surface area contributed by atoms with Crippen molar-refractivity contribution in [3.63, 3.8) is 0 Å². The molecule has 1 heterocycles. The molecule has 0 aliphatic rings. The Morgan fingerprint density at radius 1 is 1.35 bits per heavy atom.